The van der Waals surface area contributed by atoms with Crippen molar-refractivity contribution >= 4 is 23.4 Å². The van der Waals surface area contributed by atoms with E-state index in [9.17, 15) is 9.59 Å². The zero-order valence-electron chi connectivity index (χ0n) is 6.61. The van der Waals surface area contributed by atoms with Gasteiger partial charge in [0.15, 0.2) is 11.2 Å². The molecule has 0 heterocycles. The van der Waals surface area contributed by atoms with E-state index in [1.807, 2.05) is 0 Å². The van der Waals surface area contributed by atoms with E-state index in [2.05, 4.69) is 0 Å². The summed E-state index contributed by atoms with van der Waals surface area (Å²) in [6.45, 7) is 0. The Morgan fingerprint density at radius 2 is 1.77 bits per heavy atom. The maximum absolute atomic E-state index is 11.3. The number of hydrogen-bond acceptors (Lipinski definition) is 2. The number of carbonyl (C=O) groups is 2. The molecule has 1 N–H and O–H groups in total. The lowest BCUT2D eigenvalue weighted by Crippen LogP contribution is -2.24. The number of ketones is 1. The summed E-state index contributed by atoms with van der Waals surface area (Å²) in [5, 5.41) is 6.96. The van der Waals surface area contributed by atoms with E-state index in [1.54, 1.807) is 18.2 Å². The van der Waals surface area contributed by atoms with Crippen LogP contribution in [0.15, 0.2) is 30.3 Å². The van der Waals surface area contributed by atoms with Gasteiger partial charge in [-0.1, -0.05) is 30.3 Å². The lowest BCUT2D eigenvalue weighted by Gasteiger charge is -2.02. The Bertz CT molecular complexity index is 321. The summed E-state index contributed by atoms with van der Waals surface area (Å²) < 4.78 is 0. The van der Waals surface area contributed by atoms with Gasteiger partial charge in [0, 0.05) is 5.56 Å². The van der Waals surface area contributed by atoms with Crippen LogP contribution in [-0.4, -0.2) is 22.2 Å². The average molecular weight is 199 g/mol. The largest absolute Gasteiger partial charge is 0.480 e. The number of halogens is 1. The summed E-state index contributed by atoms with van der Waals surface area (Å²) >= 11 is 5.35. The zero-order valence-corrected chi connectivity index (χ0v) is 7.36. The van der Waals surface area contributed by atoms with Crippen LogP contribution in [0.4, 0.5) is 0 Å². The minimum atomic E-state index is -1.50. The van der Waals surface area contributed by atoms with Crippen molar-refractivity contribution < 1.29 is 14.7 Å². The van der Waals surface area contributed by atoms with Crippen molar-refractivity contribution in [3.8, 4) is 0 Å². The van der Waals surface area contributed by atoms with Crippen LogP contribution in [-0.2, 0) is 4.79 Å². The van der Waals surface area contributed by atoms with Crippen molar-refractivity contribution in [2.45, 2.75) is 5.38 Å². The molecule has 0 fully saturated rings. The molecule has 68 valence electrons. The second-order valence-corrected chi connectivity index (χ2v) is 2.87. The van der Waals surface area contributed by atoms with E-state index < -0.39 is 17.1 Å². The predicted octanol–water partition coefficient (Wildman–Crippen LogP) is 1.56. The van der Waals surface area contributed by atoms with Gasteiger partial charge in [-0.05, 0) is 0 Å². The van der Waals surface area contributed by atoms with Crippen LogP contribution in [0.3, 0.4) is 0 Å². The monoisotopic (exact) mass is 198 g/mol. The Hall–Kier alpha value is -1.35. The lowest BCUT2D eigenvalue weighted by atomic mass is 10.1. The number of rotatable bonds is 3. The summed E-state index contributed by atoms with van der Waals surface area (Å²) in [7, 11) is 0. The van der Waals surface area contributed by atoms with Crippen LogP contribution in [0.2, 0.25) is 0 Å². The minimum absolute atomic E-state index is 0.310. The molecule has 1 aromatic rings. The molecule has 0 aliphatic carbocycles. The van der Waals surface area contributed by atoms with E-state index in [4.69, 9.17) is 16.7 Å². The third kappa shape index (κ3) is 2.29. The molecule has 0 aliphatic rings. The summed E-state index contributed by atoms with van der Waals surface area (Å²) in [6.07, 6.45) is 0. The van der Waals surface area contributed by atoms with Crippen molar-refractivity contribution in [1.29, 1.82) is 0 Å². The third-order valence-electron chi connectivity index (χ3n) is 1.51. The van der Waals surface area contributed by atoms with Gasteiger partial charge in [-0.3, -0.25) is 9.59 Å². The summed E-state index contributed by atoms with van der Waals surface area (Å²) in [6, 6.07) is 8.10. The standard InChI is InChI=1S/C9H7ClO3/c10-7(9(12)13)8(11)6-4-2-1-3-5-6/h1-5,7H,(H,12,13). The molecule has 0 aliphatic heterocycles. The Labute approximate surface area is 79.9 Å². The fourth-order valence-electron chi connectivity index (χ4n) is 0.861. The Morgan fingerprint density at radius 3 is 2.23 bits per heavy atom. The smallest absolute Gasteiger partial charge is 0.329 e. The second kappa shape index (κ2) is 4.05. The van der Waals surface area contributed by atoms with Gasteiger partial charge < -0.3 is 5.11 Å². The van der Waals surface area contributed by atoms with Gasteiger partial charge in [0.05, 0.1) is 0 Å². The van der Waals surface area contributed by atoms with Crippen LogP contribution in [0.5, 0.6) is 0 Å². The van der Waals surface area contributed by atoms with Crippen LogP contribution >= 0.6 is 11.6 Å². The lowest BCUT2D eigenvalue weighted by molar-refractivity contribution is -0.135. The molecule has 13 heavy (non-hydrogen) atoms. The highest BCUT2D eigenvalue weighted by molar-refractivity contribution is 6.43. The van der Waals surface area contributed by atoms with Crippen LogP contribution in [0.1, 0.15) is 10.4 Å². The molecule has 4 heteroatoms. The summed E-state index contributed by atoms with van der Waals surface area (Å²) in [5.74, 6) is -1.91. The molecule has 1 unspecified atom stereocenters. The van der Waals surface area contributed by atoms with Crippen molar-refractivity contribution in [3.05, 3.63) is 35.9 Å². The predicted molar refractivity (Wildman–Crippen MR) is 48.0 cm³/mol. The first kappa shape index (κ1) is 9.74. The van der Waals surface area contributed by atoms with Crippen molar-refractivity contribution in [3.63, 3.8) is 0 Å². The normalized spacial score (nSPS) is 12.1. The van der Waals surface area contributed by atoms with E-state index in [0.717, 1.165) is 0 Å². The van der Waals surface area contributed by atoms with Gasteiger partial charge >= 0.3 is 5.97 Å². The molecule has 1 rings (SSSR count). The minimum Gasteiger partial charge on any atom is -0.480 e. The first-order valence-electron chi connectivity index (χ1n) is 3.59. The molecule has 3 nitrogen and oxygen atoms in total. The number of Topliss-reactive ketones (excluding diaryl/α,β-unsaturated/α-hetero) is 1. The molecule has 0 spiro atoms. The number of carboxylic acid groups (broad SMARTS) is 1. The molecule has 1 atom stereocenters. The first-order chi connectivity index (χ1) is 6.13. The Balaban J connectivity index is 2.86. The number of alkyl halides is 1. The van der Waals surface area contributed by atoms with Gasteiger partial charge in [-0.15, -0.1) is 11.6 Å². The molecule has 1 aromatic carbocycles. The summed E-state index contributed by atoms with van der Waals surface area (Å²) in [4.78, 5) is 21.6. The zero-order chi connectivity index (χ0) is 9.84. The molecular weight excluding hydrogens is 192 g/mol. The highest BCUT2D eigenvalue weighted by Crippen LogP contribution is 2.08. The molecule has 0 bridgehead atoms. The van der Waals surface area contributed by atoms with Crippen LogP contribution in [0.25, 0.3) is 0 Å². The summed E-state index contributed by atoms with van der Waals surface area (Å²) in [5.41, 5.74) is 0.310. The molecule has 0 saturated carbocycles. The molecule has 0 radical (unpaired) electrons. The highest BCUT2D eigenvalue weighted by atomic mass is 35.5. The number of benzene rings is 1. The Kier molecular flexibility index (Phi) is 3.03. The highest BCUT2D eigenvalue weighted by Gasteiger charge is 2.23. The number of carboxylic acids is 1. The molecule has 0 amide bonds. The topological polar surface area (TPSA) is 54.4 Å². The fourth-order valence-corrected chi connectivity index (χ4v) is 0.987. The molecular formula is C9H7ClO3. The SMILES string of the molecule is O=C(O)C(Cl)C(=O)c1ccccc1. The van der Waals surface area contributed by atoms with Crippen LogP contribution in [0, 0.1) is 0 Å². The van der Waals surface area contributed by atoms with Crippen LogP contribution < -0.4 is 0 Å². The van der Waals surface area contributed by atoms with Crippen molar-refractivity contribution in [2.24, 2.45) is 0 Å². The van der Waals surface area contributed by atoms with Gasteiger partial charge in [0.1, 0.15) is 0 Å². The first-order valence-corrected chi connectivity index (χ1v) is 4.02. The number of hydrogen-bond donors (Lipinski definition) is 1. The molecule has 0 aromatic heterocycles. The van der Waals surface area contributed by atoms with Crippen molar-refractivity contribution in [1.82, 2.24) is 0 Å². The van der Waals surface area contributed by atoms with Gasteiger partial charge in [-0.2, -0.15) is 0 Å². The maximum Gasteiger partial charge on any atom is 0.329 e. The van der Waals surface area contributed by atoms with E-state index >= 15 is 0 Å². The third-order valence-corrected chi connectivity index (χ3v) is 1.89. The molecule has 0 saturated heterocycles. The van der Waals surface area contributed by atoms with Gasteiger partial charge in [0.25, 0.3) is 0 Å². The second-order valence-electron chi connectivity index (χ2n) is 2.43. The van der Waals surface area contributed by atoms with Gasteiger partial charge in [0.2, 0.25) is 0 Å². The van der Waals surface area contributed by atoms with E-state index in [1.165, 1.54) is 12.1 Å². The van der Waals surface area contributed by atoms with E-state index in [0.29, 0.717) is 5.56 Å². The van der Waals surface area contributed by atoms with Crippen molar-refractivity contribution in [2.75, 3.05) is 0 Å². The fraction of sp³-hybridized carbons (Fsp3) is 0.111. The number of aliphatic carboxylic acids is 1. The maximum atomic E-state index is 11.3. The quantitative estimate of drug-likeness (QED) is 0.456. The Morgan fingerprint density at radius 1 is 1.23 bits per heavy atom. The van der Waals surface area contributed by atoms with E-state index in [-0.39, 0.29) is 0 Å². The average Bonchev–Trinajstić information content (AvgIpc) is 2.17. The number of carbonyl (C=O) groups excluding carboxylic acids is 1. The van der Waals surface area contributed by atoms with Gasteiger partial charge in [-0.25, -0.2) is 0 Å².